The van der Waals surface area contributed by atoms with Crippen molar-refractivity contribution in [3.05, 3.63) is 33.9 Å². The van der Waals surface area contributed by atoms with Gasteiger partial charge in [-0.2, -0.15) is 5.06 Å². The standard InChI is InChI=1S/C18H21NO5/c1-10-7-13-15(14(10)8-19(9-20)24-12(3)21)11(2)18(5-6-18)17(4,23)16(13)22/h7,9,23H,5-6,8H2,1-4H3/t17-/m0/s1. The average Bonchev–Trinajstić information content (AvgIpc) is 3.25. The van der Waals surface area contributed by atoms with Crippen molar-refractivity contribution in [2.45, 2.75) is 46.1 Å². The van der Waals surface area contributed by atoms with Crippen LogP contribution in [0.2, 0.25) is 0 Å². The molecule has 3 aliphatic carbocycles. The van der Waals surface area contributed by atoms with E-state index in [0.29, 0.717) is 12.0 Å². The summed E-state index contributed by atoms with van der Waals surface area (Å²) in [6.45, 7) is 6.67. The lowest BCUT2D eigenvalue weighted by Crippen LogP contribution is -2.49. The molecule has 3 rings (SSSR count). The first-order valence-corrected chi connectivity index (χ1v) is 7.97. The van der Waals surface area contributed by atoms with Gasteiger partial charge in [-0.05, 0) is 56.4 Å². The zero-order valence-electron chi connectivity index (χ0n) is 14.3. The summed E-state index contributed by atoms with van der Waals surface area (Å²) in [5.74, 6) is -0.862. The summed E-state index contributed by atoms with van der Waals surface area (Å²) in [5, 5.41) is 11.7. The Morgan fingerprint density at radius 2 is 2.04 bits per heavy atom. The second-order valence-corrected chi connectivity index (χ2v) is 6.97. The van der Waals surface area contributed by atoms with Crippen molar-refractivity contribution in [3.63, 3.8) is 0 Å². The molecule has 3 aliphatic rings. The Morgan fingerprint density at radius 3 is 2.54 bits per heavy atom. The predicted molar refractivity (Wildman–Crippen MR) is 85.3 cm³/mol. The number of aliphatic hydroxyl groups is 1. The van der Waals surface area contributed by atoms with E-state index < -0.39 is 17.0 Å². The van der Waals surface area contributed by atoms with Gasteiger partial charge in [0.05, 0.1) is 6.54 Å². The smallest absolute Gasteiger partial charge is 0.329 e. The van der Waals surface area contributed by atoms with Crippen LogP contribution in [0.3, 0.4) is 0 Å². The molecule has 1 spiro atoms. The highest BCUT2D eigenvalue weighted by atomic mass is 16.7. The third-order valence-electron chi connectivity index (χ3n) is 5.55. The van der Waals surface area contributed by atoms with Crippen LogP contribution in [0.15, 0.2) is 33.9 Å². The number of rotatable bonds is 4. The van der Waals surface area contributed by atoms with Crippen LogP contribution in [0.25, 0.3) is 0 Å². The molecule has 1 amide bonds. The van der Waals surface area contributed by atoms with Crippen LogP contribution in [0.1, 0.15) is 40.5 Å². The first kappa shape index (κ1) is 16.6. The maximum absolute atomic E-state index is 12.8. The van der Waals surface area contributed by atoms with Gasteiger partial charge in [0.25, 0.3) is 0 Å². The van der Waals surface area contributed by atoms with Gasteiger partial charge in [0, 0.05) is 17.9 Å². The molecule has 0 unspecified atom stereocenters. The number of carbonyl (C=O) groups excluding carboxylic acids is 3. The molecule has 0 aromatic rings. The predicted octanol–water partition coefficient (Wildman–Crippen LogP) is 1.61. The van der Waals surface area contributed by atoms with E-state index in [1.165, 1.54) is 6.92 Å². The highest BCUT2D eigenvalue weighted by Crippen LogP contribution is 2.64. The molecule has 0 saturated heterocycles. The van der Waals surface area contributed by atoms with E-state index in [1.807, 2.05) is 13.8 Å². The van der Waals surface area contributed by atoms with E-state index in [1.54, 1.807) is 13.0 Å². The number of ketones is 1. The Labute approximate surface area is 140 Å². The van der Waals surface area contributed by atoms with E-state index in [-0.39, 0.29) is 12.3 Å². The van der Waals surface area contributed by atoms with Crippen molar-refractivity contribution in [3.8, 4) is 0 Å². The maximum atomic E-state index is 12.8. The lowest BCUT2D eigenvalue weighted by molar-refractivity contribution is -0.186. The summed E-state index contributed by atoms with van der Waals surface area (Å²) in [4.78, 5) is 40.0. The molecule has 0 aliphatic heterocycles. The molecule has 1 fully saturated rings. The van der Waals surface area contributed by atoms with E-state index in [0.717, 1.165) is 40.2 Å². The van der Waals surface area contributed by atoms with Gasteiger partial charge in [-0.25, -0.2) is 0 Å². The van der Waals surface area contributed by atoms with E-state index in [4.69, 9.17) is 4.84 Å². The largest absolute Gasteiger partial charge is 0.381 e. The van der Waals surface area contributed by atoms with Gasteiger partial charge in [-0.15, -0.1) is 0 Å². The highest BCUT2D eigenvalue weighted by molar-refractivity contribution is 6.10. The number of nitrogens with zero attached hydrogens (tertiary/aromatic N) is 1. The quantitative estimate of drug-likeness (QED) is 0.625. The van der Waals surface area contributed by atoms with Crippen molar-refractivity contribution in [2.75, 3.05) is 6.54 Å². The Hall–Kier alpha value is -2.21. The van der Waals surface area contributed by atoms with Gasteiger partial charge in [0.1, 0.15) is 5.60 Å². The Balaban J connectivity index is 2.03. The molecular weight excluding hydrogens is 310 g/mol. The minimum absolute atomic E-state index is 0.0765. The molecule has 0 radical (unpaired) electrons. The van der Waals surface area contributed by atoms with Crippen molar-refractivity contribution in [1.29, 1.82) is 0 Å². The van der Waals surface area contributed by atoms with Crippen LogP contribution >= 0.6 is 0 Å². The van der Waals surface area contributed by atoms with Gasteiger partial charge < -0.3 is 9.94 Å². The molecule has 0 bridgehead atoms. The molecule has 0 aromatic carbocycles. The first-order chi connectivity index (χ1) is 11.2. The summed E-state index contributed by atoms with van der Waals surface area (Å²) < 4.78 is 0. The van der Waals surface area contributed by atoms with Gasteiger partial charge in [0.2, 0.25) is 6.41 Å². The first-order valence-electron chi connectivity index (χ1n) is 7.97. The van der Waals surface area contributed by atoms with Gasteiger partial charge in [-0.1, -0.05) is 5.57 Å². The van der Waals surface area contributed by atoms with Crippen LogP contribution in [0, 0.1) is 5.41 Å². The van der Waals surface area contributed by atoms with Crippen LogP contribution in [-0.2, 0) is 19.2 Å². The summed E-state index contributed by atoms with van der Waals surface area (Å²) in [7, 11) is 0. The second-order valence-electron chi connectivity index (χ2n) is 6.97. The number of hydrogen-bond acceptors (Lipinski definition) is 5. The summed E-state index contributed by atoms with van der Waals surface area (Å²) >= 11 is 0. The molecule has 128 valence electrons. The Morgan fingerprint density at radius 1 is 1.42 bits per heavy atom. The number of Topliss-reactive ketones (excluding diaryl/α,β-unsaturated/α-hetero) is 1. The van der Waals surface area contributed by atoms with Gasteiger partial charge >= 0.3 is 5.97 Å². The fraction of sp³-hybridized carbons (Fsp3) is 0.500. The lowest BCUT2D eigenvalue weighted by atomic mass is 9.67. The zero-order chi connectivity index (χ0) is 17.9. The monoisotopic (exact) mass is 331 g/mol. The summed E-state index contributed by atoms with van der Waals surface area (Å²) in [5.41, 5.74) is 1.95. The van der Waals surface area contributed by atoms with E-state index in [9.17, 15) is 19.5 Å². The van der Waals surface area contributed by atoms with Crippen LogP contribution in [0.4, 0.5) is 0 Å². The number of amides is 1. The fourth-order valence-electron chi connectivity index (χ4n) is 4.03. The topological polar surface area (TPSA) is 83.9 Å². The normalized spacial score (nSPS) is 27.2. The van der Waals surface area contributed by atoms with Crippen molar-refractivity contribution < 1.29 is 24.3 Å². The van der Waals surface area contributed by atoms with Crippen molar-refractivity contribution in [1.82, 2.24) is 5.06 Å². The van der Waals surface area contributed by atoms with Crippen LogP contribution < -0.4 is 0 Å². The van der Waals surface area contributed by atoms with Gasteiger partial charge in [-0.3, -0.25) is 14.4 Å². The van der Waals surface area contributed by atoms with Crippen LogP contribution in [0.5, 0.6) is 0 Å². The minimum Gasteiger partial charge on any atom is -0.381 e. The number of hydroxylamine groups is 2. The third-order valence-corrected chi connectivity index (χ3v) is 5.55. The third kappa shape index (κ3) is 2.09. The lowest BCUT2D eigenvalue weighted by Gasteiger charge is -2.39. The summed E-state index contributed by atoms with van der Waals surface area (Å²) in [6, 6.07) is 0. The minimum atomic E-state index is -1.40. The SMILES string of the molecule is CC(=O)ON(C=O)CC1=C(C)C=C2C(=O)[C@](C)(O)C3(CC3)C(C)=C21. The number of carbonyl (C=O) groups is 3. The van der Waals surface area contributed by atoms with Crippen LogP contribution in [-0.4, -0.2) is 40.5 Å². The number of hydrogen-bond donors (Lipinski definition) is 1. The van der Waals surface area contributed by atoms with E-state index >= 15 is 0 Å². The summed E-state index contributed by atoms with van der Waals surface area (Å²) in [6.07, 6.45) is 3.73. The Bertz CT molecular complexity index is 749. The second kappa shape index (κ2) is 5.14. The van der Waals surface area contributed by atoms with Gasteiger partial charge in [0.15, 0.2) is 5.78 Å². The average molecular weight is 331 g/mol. The molecule has 0 heterocycles. The van der Waals surface area contributed by atoms with Crippen molar-refractivity contribution in [2.24, 2.45) is 5.41 Å². The fourth-order valence-corrected chi connectivity index (χ4v) is 4.03. The Kier molecular flexibility index (Phi) is 3.57. The highest BCUT2D eigenvalue weighted by Gasteiger charge is 2.65. The zero-order valence-corrected chi connectivity index (χ0v) is 14.3. The van der Waals surface area contributed by atoms with Crippen molar-refractivity contribution >= 4 is 18.2 Å². The molecule has 24 heavy (non-hydrogen) atoms. The molecule has 1 saturated carbocycles. The molecule has 6 nitrogen and oxygen atoms in total. The number of fused-ring (bicyclic) bond motifs is 1. The molecule has 6 heteroatoms. The maximum Gasteiger partial charge on any atom is 0.329 e. The molecule has 1 N–H and O–H groups in total. The molecular formula is C18H21NO5. The van der Waals surface area contributed by atoms with E-state index in [2.05, 4.69) is 0 Å². The molecule has 0 aromatic heterocycles. The number of allylic oxidation sites excluding steroid dienone is 2. The molecule has 1 atom stereocenters.